The van der Waals surface area contributed by atoms with Crippen LogP contribution in [0.2, 0.25) is 0 Å². The molecule has 4 heteroatoms. The topological polar surface area (TPSA) is 63.6 Å². The molecule has 18 heavy (non-hydrogen) atoms. The van der Waals surface area contributed by atoms with Gasteiger partial charge in [0.05, 0.1) is 19.4 Å². The molecule has 1 N–H and O–H groups in total. The van der Waals surface area contributed by atoms with Crippen LogP contribution in [0.15, 0.2) is 30.3 Å². The third-order valence-corrected chi connectivity index (χ3v) is 2.96. The van der Waals surface area contributed by atoms with E-state index in [0.29, 0.717) is 6.42 Å². The first kappa shape index (κ1) is 14.2. The highest BCUT2D eigenvalue weighted by molar-refractivity contribution is 5.79. The van der Waals surface area contributed by atoms with Crippen LogP contribution in [0.5, 0.6) is 0 Å². The number of carbonyl (C=O) groups excluding carboxylic acids is 1. The number of methoxy groups -OCH3 is 1. The minimum atomic E-state index is -0.981. The van der Waals surface area contributed by atoms with E-state index in [1.165, 1.54) is 7.11 Å². The molecule has 4 nitrogen and oxygen atoms in total. The first-order valence-electron chi connectivity index (χ1n) is 5.89. The lowest BCUT2D eigenvalue weighted by Crippen LogP contribution is -2.21. The van der Waals surface area contributed by atoms with Gasteiger partial charge in [0, 0.05) is 0 Å². The fourth-order valence-electron chi connectivity index (χ4n) is 1.98. The highest BCUT2D eigenvalue weighted by atomic mass is 16.5. The second-order valence-electron chi connectivity index (χ2n) is 4.37. The Kier molecular flexibility index (Phi) is 5.36. The molecule has 98 valence electrons. The van der Waals surface area contributed by atoms with Crippen LogP contribution in [0.3, 0.4) is 0 Å². The molecule has 0 radical (unpaired) electrons. The first-order chi connectivity index (χ1) is 8.54. The summed E-state index contributed by atoms with van der Waals surface area (Å²) in [6.07, 6.45) is 0.285. The summed E-state index contributed by atoms with van der Waals surface area (Å²) in [7, 11) is 1.28. The molecule has 1 aromatic rings. The molecule has 2 atom stereocenters. The van der Waals surface area contributed by atoms with E-state index >= 15 is 0 Å². The Morgan fingerprint density at radius 3 is 2.39 bits per heavy atom. The van der Waals surface area contributed by atoms with Gasteiger partial charge < -0.3 is 9.84 Å². The van der Waals surface area contributed by atoms with E-state index < -0.39 is 17.9 Å². The van der Waals surface area contributed by atoms with Crippen molar-refractivity contribution in [1.29, 1.82) is 0 Å². The molecule has 0 saturated carbocycles. The maximum absolute atomic E-state index is 11.5. The molecular weight excluding hydrogens is 232 g/mol. The molecule has 0 heterocycles. The van der Waals surface area contributed by atoms with E-state index in [-0.39, 0.29) is 12.3 Å². The molecule has 0 saturated heterocycles. The number of carboxylic acids is 1. The van der Waals surface area contributed by atoms with Gasteiger partial charge in [-0.05, 0) is 17.9 Å². The Bertz CT molecular complexity index is 400. The van der Waals surface area contributed by atoms with Crippen LogP contribution in [0.4, 0.5) is 0 Å². The molecule has 0 spiro atoms. The number of hydrogen-bond acceptors (Lipinski definition) is 3. The predicted octanol–water partition coefficient (Wildman–Crippen LogP) is 2.44. The zero-order chi connectivity index (χ0) is 13.5. The molecule has 0 aliphatic heterocycles. The minimum absolute atomic E-state index is 0.120. The maximum Gasteiger partial charge on any atom is 0.309 e. The lowest BCUT2D eigenvalue weighted by atomic mass is 9.88. The van der Waals surface area contributed by atoms with Crippen LogP contribution >= 0.6 is 0 Å². The van der Waals surface area contributed by atoms with Gasteiger partial charge in [0.2, 0.25) is 0 Å². The van der Waals surface area contributed by atoms with Crippen molar-refractivity contribution in [3.8, 4) is 0 Å². The molecule has 2 unspecified atom stereocenters. The number of benzene rings is 1. The summed E-state index contributed by atoms with van der Waals surface area (Å²) in [5, 5.41) is 8.80. The van der Waals surface area contributed by atoms with E-state index in [9.17, 15) is 9.59 Å². The van der Waals surface area contributed by atoms with Crippen LogP contribution < -0.4 is 0 Å². The van der Waals surface area contributed by atoms with Gasteiger partial charge in [-0.3, -0.25) is 9.59 Å². The highest BCUT2D eigenvalue weighted by Crippen LogP contribution is 2.25. The summed E-state index contributed by atoms with van der Waals surface area (Å²) in [5.41, 5.74) is 1.09. The number of carbonyl (C=O) groups is 2. The largest absolute Gasteiger partial charge is 0.481 e. The molecular formula is C14H18O4. The van der Waals surface area contributed by atoms with Crippen LogP contribution in [0, 0.1) is 5.92 Å². The van der Waals surface area contributed by atoms with Crippen molar-refractivity contribution in [2.75, 3.05) is 7.11 Å². The summed E-state index contributed by atoms with van der Waals surface area (Å²) in [5.74, 6) is -1.91. The van der Waals surface area contributed by atoms with Gasteiger partial charge in [0.1, 0.15) is 0 Å². The van der Waals surface area contributed by atoms with Gasteiger partial charge in [0.15, 0.2) is 0 Å². The number of ether oxygens (including phenoxy) is 1. The second kappa shape index (κ2) is 6.79. The number of carboxylic acid groups (broad SMARTS) is 1. The van der Waals surface area contributed by atoms with Gasteiger partial charge in [-0.25, -0.2) is 0 Å². The number of esters is 1. The normalized spacial score (nSPS) is 13.7. The summed E-state index contributed by atoms with van der Waals surface area (Å²) in [4.78, 5) is 22.3. The van der Waals surface area contributed by atoms with E-state index in [4.69, 9.17) is 5.11 Å². The Morgan fingerprint density at radius 1 is 1.28 bits per heavy atom. The van der Waals surface area contributed by atoms with Crippen molar-refractivity contribution in [3.05, 3.63) is 35.9 Å². The van der Waals surface area contributed by atoms with Crippen molar-refractivity contribution >= 4 is 11.9 Å². The average Bonchev–Trinajstić information content (AvgIpc) is 2.37. The van der Waals surface area contributed by atoms with Crippen molar-refractivity contribution in [2.24, 2.45) is 5.92 Å². The summed E-state index contributed by atoms with van der Waals surface area (Å²) in [6.45, 7) is 1.98. The molecule has 0 bridgehead atoms. The van der Waals surface area contributed by atoms with Crippen LogP contribution in [-0.4, -0.2) is 24.2 Å². The van der Waals surface area contributed by atoms with Gasteiger partial charge in [-0.15, -0.1) is 0 Å². The SMILES string of the molecule is COC(=O)C(CC(=O)O)CC(C)c1ccccc1. The van der Waals surface area contributed by atoms with Crippen LogP contribution in [0.25, 0.3) is 0 Å². The van der Waals surface area contributed by atoms with Crippen LogP contribution in [-0.2, 0) is 14.3 Å². The fraction of sp³-hybridized carbons (Fsp3) is 0.429. The fourth-order valence-corrected chi connectivity index (χ4v) is 1.98. The quantitative estimate of drug-likeness (QED) is 0.788. The number of hydrogen-bond donors (Lipinski definition) is 1. The molecule has 1 aromatic carbocycles. The lowest BCUT2D eigenvalue weighted by molar-refractivity contribution is -0.151. The molecule has 0 aliphatic carbocycles. The third-order valence-electron chi connectivity index (χ3n) is 2.96. The van der Waals surface area contributed by atoms with Crippen molar-refractivity contribution < 1.29 is 19.4 Å². The Labute approximate surface area is 107 Å². The van der Waals surface area contributed by atoms with E-state index in [1.54, 1.807) is 0 Å². The summed E-state index contributed by atoms with van der Waals surface area (Å²) in [6, 6.07) is 9.72. The monoisotopic (exact) mass is 250 g/mol. The van der Waals surface area contributed by atoms with Gasteiger partial charge >= 0.3 is 11.9 Å². The maximum atomic E-state index is 11.5. The van der Waals surface area contributed by atoms with Crippen LogP contribution in [0.1, 0.15) is 31.2 Å². The lowest BCUT2D eigenvalue weighted by Gasteiger charge is -2.18. The van der Waals surface area contributed by atoms with Crippen molar-refractivity contribution in [2.45, 2.75) is 25.7 Å². The first-order valence-corrected chi connectivity index (χ1v) is 5.89. The predicted molar refractivity (Wildman–Crippen MR) is 67.2 cm³/mol. The Hall–Kier alpha value is -1.84. The summed E-state index contributed by atoms with van der Waals surface area (Å²) < 4.78 is 4.65. The zero-order valence-corrected chi connectivity index (χ0v) is 10.6. The number of aliphatic carboxylic acids is 1. The molecule has 0 amide bonds. The third kappa shape index (κ3) is 4.20. The zero-order valence-electron chi connectivity index (χ0n) is 10.6. The van der Waals surface area contributed by atoms with E-state index in [1.807, 2.05) is 37.3 Å². The molecule has 0 fully saturated rings. The minimum Gasteiger partial charge on any atom is -0.481 e. The Morgan fingerprint density at radius 2 is 1.89 bits per heavy atom. The summed E-state index contributed by atoms with van der Waals surface area (Å²) >= 11 is 0. The average molecular weight is 250 g/mol. The van der Waals surface area contributed by atoms with Gasteiger partial charge in [-0.1, -0.05) is 37.3 Å². The molecule has 0 aliphatic rings. The highest BCUT2D eigenvalue weighted by Gasteiger charge is 2.25. The molecule has 0 aromatic heterocycles. The van der Waals surface area contributed by atoms with Crippen molar-refractivity contribution in [3.63, 3.8) is 0 Å². The number of rotatable bonds is 6. The second-order valence-corrected chi connectivity index (χ2v) is 4.37. The van der Waals surface area contributed by atoms with E-state index in [2.05, 4.69) is 4.74 Å². The van der Waals surface area contributed by atoms with Crippen molar-refractivity contribution in [1.82, 2.24) is 0 Å². The molecule has 1 rings (SSSR count). The smallest absolute Gasteiger partial charge is 0.309 e. The Balaban J connectivity index is 2.71. The standard InChI is InChI=1S/C14H18O4/c1-10(11-6-4-3-5-7-11)8-12(9-13(15)16)14(17)18-2/h3-7,10,12H,8-9H2,1-2H3,(H,15,16). The van der Waals surface area contributed by atoms with E-state index in [0.717, 1.165) is 5.56 Å². The van der Waals surface area contributed by atoms with Gasteiger partial charge in [0.25, 0.3) is 0 Å². The van der Waals surface area contributed by atoms with Gasteiger partial charge in [-0.2, -0.15) is 0 Å².